The van der Waals surface area contributed by atoms with Crippen molar-refractivity contribution < 1.29 is 14.3 Å². The first-order valence-corrected chi connectivity index (χ1v) is 17.3. The van der Waals surface area contributed by atoms with Gasteiger partial charge in [0.2, 0.25) is 0 Å². The lowest BCUT2D eigenvalue weighted by atomic mass is 9.85. The van der Waals surface area contributed by atoms with Gasteiger partial charge in [-0.1, -0.05) is 53.0 Å². The van der Waals surface area contributed by atoms with Crippen LogP contribution < -0.4 is 10.1 Å². The minimum Gasteiger partial charge on any atom is -0.489 e. The Morgan fingerprint density at radius 3 is 2.37 bits per heavy atom. The number of nitrogens with zero attached hydrogens (tertiary/aromatic N) is 2. The van der Waals surface area contributed by atoms with Crippen LogP contribution >= 0.6 is 34.8 Å². The Hall–Kier alpha value is -3.03. The second kappa shape index (κ2) is 14.4. The van der Waals surface area contributed by atoms with Gasteiger partial charge in [0.25, 0.3) is 5.91 Å². The number of nitrogens with one attached hydrogen (secondary N) is 1. The van der Waals surface area contributed by atoms with Crippen molar-refractivity contribution in [2.75, 3.05) is 6.54 Å². The highest BCUT2D eigenvalue weighted by atomic mass is 35.5. The van der Waals surface area contributed by atoms with Crippen LogP contribution in [0.5, 0.6) is 5.75 Å². The first kappa shape index (κ1) is 32.9. The Morgan fingerprint density at radius 1 is 0.935 bits per heavy atom. The molecule has 6 rings (SSSR count). The number of Topliss-reactive ketones (excluding diaryl/α,β-unsaturated/α-hetero) is 1. The third-order valence-electron chi connectivity index (χ3n) is 9.34. The fraction of sp³-hybridized carbons (Fsp3) is 0.405. The number of ether oxygens (including phenoxy) is 1. The van der Waals surface area contributed by atoms with E-state index in [1.807, 2.05) is 56.4 Å². The number of carbonyl (C=O) groups excluding carboxylic acids is 2. The van der Waals surface area contributed by atoms with Crippen molar-refractivity contribution in [1.82, 2.24) is 14.8 Å². The van der Waals surface area contributed by atoms with E-state index < -0.39 is 0 Å². The Morgan fingerprint density at radius 2 is 1.67 bits per heavy atom. The molecule has 242 valence electrons. The summed E-state index contributed by atoms with van der Waals surface area (Å²) in [4.78, 5) is 29.1. The molecule has 0 spiro atoms. The van der Waals surface area contributed by atoms with Gasteiger partial charge in [0.1, 0.15) is 5.75 Å². The van der Waals surface area contributed by atoms with E-state index in [0.29, 0.717) is 51.6 Å². The molecule has 46 heavy (non-hydrogen) atoms. The maximum Gasteiger partial charge on any atom is 0.253 e. The number of hydrogen-bond donors (Lipinski definition) is 1. The van der Waals surface area contributed by atoms with Crippen LogP contribution in [-0.4, -0.2) is 45.9 Å². The number of aryl methyl sites for hydroxylation is 1. The molecule has 3 aromatic carbocycles. The summed E-state index contributed by atoms with van der Waals surface area (Å²) >= 11 is 18.3. The van der Waals surface area contributed by atoms with Gasteiger partial charge in [0, 0.05) is 60.3 Å². The molecule has 0 saturated carbocycles. The highest BCUT2D eigenvalue weighted by molar-refractivity contribution is 6.42. The normalized spacial score (nSPS) is 19.6. The number of hydrogen-bond acceptors (Lipinski definition) is 4. The van der Waals surface area contributed by atoms with Crippen molar-refractivity contribution in [1.29, 1.82) is 0 Å². The first-order valence-electron chi connectivity index (χ1n) is 16.2. The summed E-state index contributed by atoms with van der Waals surface area (Å²) in [6.45, 7) is 6.12. The van der Waals surface area contributed by atoms with E-state index in [2.05, 4.69) is 14.8 Å². The smallest absolute Gasteiger partial charge is 0.253 e. The SMILES string of the molecule is CC(C)Oc1cccc2c(C(=O)NCc3ccc(Cl)c(Cl)c3)cn(CCCN3[C@@H]4CC[C@H]3C[C@@H](CC(=O)c3ccc(Cl)cc3)C4)c12. The molecule has 1 aromatic heterocycles. The molecule has 0 unspecified atom stereocenters. The zero-order valence-corrected chi connectivity index (χ0v) is 28.5. The average Bonchev–Trinajstić information content (AvgIpc) is 3.51. The van der Waals surface area contributed by atoms with E-state index in [0.717, 1.165) is 60.1 Å². The minimum absolute atomic E-state index is 0.00405. The number of piperidine rings is 1. The van der Waals surface area contributed by atoms with Crippen molar-refractivity contribution >= 4 is 57.4 Å². The average molecular weight is 681 g/mol. The second-order valence-electron chi connectivity index (χ2n) is 12.9. The van der Waals surface area contributed by atoms with E-state index in [1.54, 1.807) is 24.3 Å². The predicted molar refractivity (Wildman–Crippen MR) is 187 cm³/mol. The maximum atomic E-state index is 13.5. The van der Waals surface area contributed by atoms with Gasteiger partial charge in [-0.2, -0.15) is 0 Å². The topological polar surface area (TPSA) is 63.6 Å². The van der Waals surface area contributed by atoms with E-state index in [4.69, 9.17) is 39.5 Å². The number of ketones is 1. The highest BCUT2D eigenvalue weighted by Gasteiger charge is 2.40. The zero-order valence-electron chi connectivity index (χ0n) is 26.3. The predicted octanol–water partition coefficient (Wildman–Crippen LogP) is 9.22. The van der Waals surface area contributed by atoms with Crippen LogP contribution in [0.3, 0.4) is 0 Å². The lowest BCUT2D eigenvalue weighted by molar-refractivity contribution is 0.0807. The number of para-hydroxylation sites is 1. The molecule has 2 aliphatic heterocycles. The molecule has 0 radical (unpaired) electrons. The fourth-order valence-corrected chi connectivity index (χ4v) is 7.76. The summed E-state index contributed by atoms with van der Waals surface area (Å²) in [5.74, 6) is 1.27. The third-order valence-corrected chi connectivity index (χ3v) is 10.3. The highest BCUT2D eigenvalue weighted by Crippen LogP contribution is 2.40. The van der Waals surface area contributed by atoms with Crippen molar-refractivity contribution in [3.05, 3.63) is 98.6 Å². The molecular formula is C37H40Cl3N3O3. The van der Waals surface area contributed by atoms with Gasteiger partial charge in [-0.05, 0) is 99.9 Å². The quantitative estimate of drug-likeness (QED) is 0.152. The number of rotatable bonds is 12. The summed E-state index contributed by atoms with van der Waals surface area (Å²) in [5.41, 5.74) is 3.19. The molecule has 9 heteroatoms. The number of carbonyl (C=O) groups is 2. The zero-order chi connectivity index (χ0) is 32.4. The maximum absolute atomic E-state index is 13.5. The lowest BCUT2D eigenvalue weighted by Crippen LogP contribution is -2.43. The van der Waals surface area contributed by atoms with Gasteiger partial charge >= 0.3 is 0 Å². The van der Waals surface area contributed by atoms with Crippen molar-refractivity contribution in [2.24, 2.45) is 5.92 Å². The van der Waals surface area contributed by atoms with E-state index in [9.17, 15) is 9.59 Å². The van der Waals surface area contributed by atoms with Gasteiger partial charge in [0.15, 0.2) is 5.78 Å². The molecule has 6 nitrogen and oxygen atoms in total. The largest absolute Gasteiger partial charge is 0.489 e. The monoisotopic (exact) mass is 679 g/mol. The van der Waals surface area contributed by atoms with Crippen LogP contribution in [0.2, 0.25) is 15.1 Å². The van der Waals surface area contributed by atoms with Gasteiger partial charge < -0.3 is 14.6 Å². The number of halogens is 3. The molecule has 3 atom stereocenters. The van der Waals surface area contributed by atoms with Crippen LogP contribution in [0.25, 0.3) is 10.9 Å². The minimum atomic E-state index is -0.148. The Balaban J connectivity index is 1.12. The molecule has 2 saturated heterocycles. The van der Waals surface area contributed by atoms with Crippen molar-refractivity contribution in [3.63, 3.8) is 0 Å². The molecule has 2 aliphatic rings. The number of benzene rings is 3. The van der Waals surface area contributed by atoms with Crippen LogP contribution in [0.15, 0.2) is 66.9 Å². The molecular weight excluding hydrogens is 641 g/mol. The molecule has 2 fully saturated rings. The molecule has 3 heterocycles. The molecule has 2 bridgehead atoms. The van der Waals surface area contributed by atoms with E-state index in [1.165, 1.54) is 12.8 Å². The van der Waals surface area contributed by atoms with Crippen LogP contribution in [0.4, 0.5) is 0 Å². The summed E-state index contributed by atoms with van der Waals surface area (Å²) in [6.07, 6.45) is 8.04. The number of amides is 1. The standard InChI is InChI=1S/C37H40Cl3N3O3/c1-23(2)46-35-6-3-5-30-31(37(45)41-21-24-7-14-32(39)33(40)19-24)22-42(36(30)35)15-4-16-43-28-12-13-29(43)18-25(17-28)20-34(44)26-8-10-27(38)11-9-26/h3,5-11,14,19,22-23,25,28-29H,4,12-13,15-18,20-21H2,1-2H3,(H,41,45)/t25-,28+,29-. The van der Waals surface area contributed by atoms with Crippen LogP contribution in [0.1, 0.15) is 78.7 Å². The Kier molecular flexibility index (Phi) is 10.3. The van der Waals surface area contributed by atoms with Crippen molar-refractivity contribution in [2.45, 2.75) is 83.6 Å². The van der Waals surface area contributed by atoms with Gasteiger partial charge in [0.05, 0.1) is 27.2 Å². The molecule has 1 N–H and O–H groups in total. The van der Waals surface area contributed by atoms with E-state index >= 15 is 0 Å². The first-order chi connectivity index (χ1) is 22.2. The summed E-state index contributed by atoms with van der Waals surface area (Å²) in [5, 5.41) is 5.52. The molecule has 4 aromatic rings. The second-order valence-corrected chi connectivity index (χ2v) is 14.2. The van der Waals surface area contributed by atoms with Crippen LogP contribution in [0, 0.1) is 5.92 Å². The number of fused-ring (bicyclic) bond motifs is 3. The lowest BCUT2D eigenvalue weighted by Gasteiger charge is -2.39. The molecule has 0 aliphatic carbocycles. The van der Waals surface area contributed by atoms with Gasteiger partial charge in [-0.25, -0.2) is 0 Å². The Bertz CT molecular complexity index is 1700. The van der Waals surface area contributed by atoms with Crippen molar-refractivity contribution in [3.8, 4) is 5.75 Å². The van der Waals surface area contributed by atoms with Gasteiger partial charge in [-0.3, -0.25) is 14.5 Å². The van der Waals surface area contributed by atoms with Crippen LogP contribution in [-0.2, 0) is 13.1 Å². The Labute approximate surface area is 285 Å². The summed E-state index contributed by atoms with van der Waals surface area (Å²) in [7, 11) is 0. The fourth-order valence-electron chi connectivity index (χ4n) is 7.32. The summed E-state index contributed by atoms with van der Waals surface area (Å²) < 4.78 is 8.39. The third kappa shape index (κ3) is 7.41. The van der Waals surface area contributed by atoms with Gasteiger partial charge in [-0.15, -0.1) is 0 Å². The number of aromatic nitrogens is 1. The molecule has 1 amide bonds. The van der Waals surface area contributed by atoms with E-state index in [-0.39, 0.29) is 17.8 Å². The summed E-state index contributed by atoms with van der Waals surface area (Å²) in [6, 6.07) is 19.6.